The van der Waals surface area contributed by atoms with Gasteiger partial charge in [0.1, 0.15) is 17.4 Å². The number of aliphatic hydroxyl groups is 1. The van der Waals surface area contributed by atoms with Crippen molar-refractivity contribution in [2.45, 2.75) is 69.7 Å². The molecule has 0 aromatic carbocycles. The number of ether oxygens (including phenoxy) is 1. The van der Waals surface area contributed by atoms with E-state index in [1.165, 1.54) is 0 Å². The zero-order chi connectivity index (χ0) is 17.5. The highest BCUT2D eigenvalue weighted by molar-refractivity contribution is 5.69. The molecule has 3 rings (SSSR count). The van der Waals surface area contributed by atoms with Gasteiger partial charge in [0.15, 0.2) is 0 Å². The smallest absolute Gasteiger partial charge is 0.410 e. The van der Waals surface area contributed by atoms with Gasteiger partial charge >= 0.3 is 6.09 Å². The van der Waals surface area contributed by atoms with Crippen molar-refractivity contribution in [2.24, 2.45) is 0 Å². The minimum Gasteiger partial charge on any atom is -0.444 e. The van der Waals surface area contributed by atoms with Crippen LogP contribution in [0.25, 0.3) is 0 Å². The van der Waals surface area contributed by atoms with E-state index in [1.807, 2.05) is 26.8 Å². The highest BCUT2D eigenvalue weighted by atomic mass is 16.6. The second-order valence-electron chi connectivity index (χ2n) is 7.76. The number of carbonyl (C=O) groups excluding carboxylic acids is 1. The van der Waals surface area contributed by atoms with Crippen LogP contribution in [0.2, 0.25) is 0 Å². The first-order valence-corrected chi connectivity index (χ1v) is 8.32. The minimum atomic E-state index is -1.01. The van der Waals surface area contributed by atoms with Crippen molar-refractivity contribution >= 4 is 6.09 Å². The highest BCUT2D eigenvalue weighted by Crippen LogP contribution is 2.46. The Labute approximate surface area is 142 Å². The van der Waals surface area contributed by atoms with Gasteiger partial charge in [-0.15, -0.1) is 0 Å². The molecule has 1 aromatic heterocycles. The molecule has 6 nitrogen and oxygen atoms in total. The first kappa shape index (κ1) is 16.7. The number of nitriles is 1. The van der Waals surface area contributed by atoms with Crippen LogP contribution in [0.3, 0.4) is 0 Å². The van der Waals surface area contributed by atoms with Gasteiger partial charge in [0.2, 0.25) is 0 Å². The van der Waals surface area contributed by atoms with E-state index in [2.05, 4.69) is 4.98 Å². The monoisotopic (exact) mass is 329 g/mol. The molecule has 2 aliphatic heterocycles. The Bertz CT molecular complexity index is 658. The molecule has 2 unspecified atom stereocenters. The second kappa shape index (κ2) is 5.75. The zero-order valence-corrected chi connectivity index (χ0v) is 14.3. The van der Waals surface area contributed by atoms with E-state index in [1.54, 1.807) is 23.2 Å². The number of piperidine rings is 1. The maximum atomic E-state index is 12.5. The fourth-order valence-electron chi connectivity index (χ4n) is 3.81. The number of hydrogen-bond acceptors (Lipinski definition) is 5. The van der Waals surface area contributed by atoms with E-state index < -0.39 is 11.2 Å². The van der Waals surface area contributed by atoms with Crippen LogP contribution < -0.4 is 0 Å². The van der Waals surface area contributed by atoms with Gasteiger partial charge in [0, 0.05) is 36.7 Å². The van der Waals surface area contributed by atoms with Crippen LogP contribution in [-0.2, 0) is 10.3 Å². The van der Waals surface area contributed by atoms with Crippen LogP contribution in [0.15, 0.2) is 18.3 Å². The number of fused-ring (bicyclic) bond motifs is 2. The average Bonchev–Trinajstić information content (AvgIpc) is 2.79. The maximum absolute atomic E-state index is 12.5. The van der Waals surface area contributed by atoms with Crippen LogP contribution in [0, 0.1) is 11.3 Å². The summed E-state index contributed by atoms with van der Waals surface area (Å²) in [6.07, 6.45) is 3.95. The molecule has 0 aliphatic carbocycles. The Morgan fingerprint density at radius 1 is 1.38 bits per heavy atom. The first-order chi connectivity index (χ1) is 11.2. The number of amides is 1. The number of hydrogen-bond donors (Lipinski definition) is 1. The van der Waals surface area contributed by atoms with E-state index in [4.69, 9.17) is 10.00 Å². The summed E-state index contributed by atoms with van der Waals surface area (Å²) in [7, 11) is 0. The summed E-state index contributed by atoms with van der Waals surface area (Å²) in [5, 5.41) is 20.0. The number of nitrogens with zero attached hydrogens (tertiary/aromatic N) is 3. The third kappa shape index (κ3) is 3.09. The van der Waals surface area contributed by atoms with Gasteiger partial charge in [-0.1, -0.05) is 6.07 Å². The molecule has 2 bridgehead atoms. The highest BCUT2D eigenvalue weighted by Gasteiger charge is 2.51. The molecule has 24 heavy (non-hydrogen) atoms. The quantitative estimate of drug-likeness (QED) is 0.856. The molecule has 0 saturated carbocycles. The van der Waals surface area contributed by atoms with E-state index in [0.29, 0.717) is 24.1 Å². The molecule has 6 heteroatoms. The molecule has 2 fully saturated rings. The standard InChI is InChI=1S/C18H23N3O3/c1-17(2,3)24-16(22)21-14-6-7-15(21)9-18(23,8-14)12-4-5-13(10-19)20-11-12/h4-5,11,14-15,23H,6-9H2,1-3H3. The minimum absolute atomic E-state index is 0.0285. The largest absolute Gasteiger partial charge is 0.444 e. The summed E-state index contributed by atoms with van der Waals surface area (Å²) >= 11 is 0. The Morgan fingerprint density at radius 3 is 2.46 bits per heavy atom. The molecule has 2 saturated heterocycles. The van der Waals surface area contributed by atoms with Crippen molar-refractivity contribution in [1.29, 1.82) is 5.26 Å². The summed E-state index contributed by atoms with van der Waals surface area (Å²) in [6, 6.07) is 5.30. The van der Waals surface area contributed by atoms with Crippen molar-refractivity contribution in [3.05, 3.63) is 29.6 Å². The van der Waals surface area contributed by atoms with Crippen molar-refractivity contribution < 1.29 is 14.6 Å². The van der Waals surface area contributed by atoms with Crippen molar-refractivity contribution in [1.82, 2.24) is 9.88 Å². The molecular formula is C18H23N3O3. The second-order valence-corrected chi connectivity index (χ2v) is 7.76. The first-order valence-electron chi connectivity index (χ1n) is 8.32. The summed E-state index contributed by atoms with van der Waals surface area (Å²) in [6.45, 7) is 5.57. The lowest BCUT2D eigenvalue weighted by molar-refractivity contribution is -0.0625. The van der Waals surface area contributed by atoms with Crippen molar-refractivity contribution in [3.63, 3.8) is 0 Å². The van der Waals surface area contributed by atoms with Gasteiger partial charge in [-0.05, 0) is 39.7 Å². The van der Waals surface area contributed by atoms with Gasteiger partial charge in [0.25, 0.3) is 0 Å². The topological polar surface area (TPSA) is 86.5 Å². The van der Waals surface area contributed by atoms with Gasteiger partial charge in [-0.2, -0.15) is 5.26 Å². The normalized spacial score (nSPS) is 29.2. The number of pyridine rings is 1. The molecule has 0 radical (unpaired) electrons. The number of carbonyl (C=O) groups is 1. The lowest BCUT2D eigenvalue weighted by Crippen LogP contribution is -2.53. The summed E-state index contributed by atoms with van der Waals surface area (Å²) in [5.74, 6) is 0. The van der Waals surface area contributed by atoms with Gasteiger partial charge in [0.05, 0.1) is 5.60 Å². The summed E-state index contributed by atoms with van der Waals surface area (Å²) < 4.78 is 5.52. The lowest BCUT2D eigenvalue weighted by Gasteiger charge is -2.44. The van der Waals surface area contributed by atoms with Gasteiger partial charge in [-0.25, -0.2) is 9.78 Å². The van der Waals surface area contributed by atoms with Crippen LogP contribution in [-0.4, -0.2) is 38.8 Å². The molecule has 2 atom stereocenters. The van der Waals surface area contributed by atoms with Crippen LogP contribution in [0.4, 0.5) is 4.79 Å². The van der Waals surface area contributed by atoms with Crippen molar-refractivity contribution in [2.75, 3.05) is 0 Å². The van der Waals surface area contributed by atoms with E-state index >= 15 is 0 Å². The Hall–Kier alpha value is -2.13. The van der Waals surface area contributed by atoms with Crippen LogP contribution in [0.5, 0.6) is 0 Å². The van der Waals surface area contributed by atoms with E-state index in [9.17, 15) is 9.90 Å². The van der Waals surface area contributed by atoms with E-state index in [0.717, 1.165) is 12.8 Å². The molecule has 1 aromatic rings. The Balaban J connectivity index is 1.79. The van der Waals surface area contributed by atoms with E-state index in [-0.39, 0.29) is 18.2 Å². The molecule has 1 N–H and O–H groups in total. The van der Waals surface area contributed by atoms with Crippen LogP contribution in [0.1, 0.15) is 57.7 Å². The third-order valence-corrected chi connectivity index (χ3v) is 4.79. The van der Waals surface area contributed by atoms with Gasteiger partial charge in [-0.3, -0.25) is 0 Å². The zero-order valence-electron chi connectivity index (χ0n) is 14.3. The molecule has 3 heterocycles. The third-order valence-electron chi connectivity index (χ3n) is 4.79. The average molecular weight is 329 g/mol. The summed E-state index contributed by atoms with van der Waals surface area (Å²) in [5.41, 5.74) is -0.495. The number of rotatable bonds is 1. The Morgan fingerprint density at radius 2 is 2.00 bits per heavy atom. The van der Waals surface area contributed by atoms with Gasteiger partial charge < -0.3 is 14.7 Å². The fourth-order valence-corrected chi connectivity index (χ4v) is 3.81. The molecule has 1 amide bonds. The lowest BCUT2D eigenvalue weighted by atomic mass is 9.81. The molecule has 0 spiro atoms. The predicted molar refractivity (Wildman–Crippen MR) is 87.0 cm³/mol. The molecule has 2 aliphatic rings. The summed E-state index contributed by atoms with van der Waals surface area (Å²) in [4.78, 5) is 18.3. The molecular weight excluding hydrogens is 306 g/mol. The fraction of sp³-hybridized carbons (Fsp3) is 0.611. The maximum Gasteiger partial charge on any atom is 0.410 e. The predicted octanol–water partition coefficient (Wildman–Crippen LogP) is 2.70. The Kier molecular flexibility index (Phi) is 4.00. The van der Waals surface area contributed by atoms with Crippen molar-refractivity contribution in [3.8, 4) is 6.07 Å². The molecule has 128 valence electrons. The number of aromatic nitrogens is 1. The SMILES string of the molecule is CC(C)(C)OC(=O)N1C2CCC1CC(O)(c1ccc(C#N)nc1)C2. The van der Waals surface area contributed by atoms with Crippen LogP contribution >= 0.6 is 0 Å².